The average Bonchev–Trinajstić information content (AvgIpc) is 2.75. The Kier molecular flexibility index (Phi) is 4.20. The first kappa shape index (κ1) is 14.8. The smallest absolute Gasteiger partial charge is 0.162 e. The third-order valence-electron chi connectivity index (χ3n) is 3.41. The third-order valence-corrected chi connectivity index (χ3v) is 5.68. The number of nitrogens with zero attached hydrogens (tertiary/aromatic N) is 2. The fraction of sp³-hybridized carbons (Fsp3) is 0.250. The van der Waals surface area contributed by atoms with Crippen LogP contribution in [0.15, 0.2) is 29.2 Å². The summed E-state index contributed by atoms with van der Waals surface area (Å²) in [7, 11) is 0. The van der Waals surface area contributed by atoms with E-state index in [4.69, 9.17) is 11.6 Å². The van der Waals surface area contributed by atoms with E-state index in [2.05, 4.69) is 55.0 Å². The molecule has 0 aliphatic carbocycles. The van der Waals surface area contributed by atoms with Crippen molar-refractivity contribution in [2.75, 3.05) is 5.75 Å². The van der Waals surface area contributed by atoms with Crippen molar-refractivity contribution >= 4 is 44.9 Å². The summed E-state index contributed by atoms with van der Waals surface area (Å²) < 4.78 is 0. The van der Waals surface area contributed by atoms with Gasteiger partial charge in [0.2, 0.25) is 0 Å². The predicted molar refractivity (Wildman–Crippen MR) is 93.7 cm³/mol. The number of thiophene rings is 1. The molecule has 0 saturated heterocycles. The van der Waals surface area contributed by atoms with Gasteiger partial charge in [0, 0.05) is 15.3 Å². The lowest BCUT2D eigenvalue weighted by atomic mass is 10.2. The summed E-state index contributed by atoms with van der Waals surface area (Å²) in [4.78, 5) is 12.6. The number of fused-ring (bicyclic) bond motifs is 1. The van der Waals surface area contributed by atoms with Gasteiger partial charge in [-0.05, 0) is 37.3 Å². The van der Waals surface area contributed by atoms with Gasteiger partial charge in [-0.3, -0.25) is 0 Å². The highest BCUT2D eigenvalue weighted by atomic mass is 35.5. The molecule has 0 unspecified atom stereocenters. The van der Waals surface area contributed by atoms with Crippen LogP contribution < -0.4 is 0 Å². The van der Waals surface area contributed by atoms with Crippen LogP contribution in [0.4, 0.5) is 0 Å². The van der Waals surface area contributed by atoms with E-state index in [0.29, 0.717) is 11.0 Å². The summed E-state index contributed by atoms with van der Waals surface area (Å²) in [5, 5.41) is 1.53. The number of benzene rings is 1. The third kappa shape index (κ3) is 2.80. The summed E-state index contributed by atoms with van der Waals surface area (Å²) in [5.41, 5.74) is 2.18. The number of hydrogen-bond donors (Lipinski definition) is 0. The minimum atomic E-state index is 0.545. The summed E-state index contributed by atoms with van der Waals surface area (Å²) in [6.45, 7) is 6.31. The molecule has 2 heterocycles. The lowest BCUT2D eigenvalue weighted by molar-refractivity contribution is 1.23. The van der Waals surface area contributed by atoms with Gasteiger partial charge in [0.05, 0.1) is 5.39 Å². The van der Waals surface area contributed by atoms with Gasteiger partial charge in [-0.25, -0.2) is 9.97 Å². The van der Waals surface area contributed by atoms with Crippen molar-refractivity contribution in [1.29, 1.82) is 0 Å². The summed E-state index contributed by atoms with van der Waals surface area (Å²) in [5.74, 6) is 1.77. The van der Waals surface area contributed by atoms with Gasteiger partial charge < -0.3 is 0 Å². The number of rotatable bonds is 3. The predicted octanol–water partition coefficient (Wildman–Crippen LogP) is 5.74. The van der Waals surface area contributed by atoms with Gasteiger partial charge >= 0.3 is 0 Å². The van der Waals surface area contributed by atoms with Crippen molar-refractivity contribution in [3.63, 3.8) is 0 Å². The Hall–Kier alpha value is -1.10. The van der Waals surface area contributed by atoms with E-state index in [1.54, 1.807) is 11.3 Å². The van der Waals surface area contributed by atoms with E-state index >= 15 is 0 Å². The molecule has 0 atom stereocenters. The summed E-state index contributed by atoms with van der Waals surface area (Å²) in [6, 6.07) is 8.33. The summed E-state index contributed by atoms with van der Waals surface area (Å²) >= 11 is 9.86. The number of aromatic nitrogens is 2. The van der Waals surface area contributed by atoms with E-state index in [1.807, 2.05) is 11.8 Å². The van der Waals surface area contributed by atoms with Crippen LogP contribution in [-0.2, 0) is 0 Å². The van der Waals surface area contributed by atoms with Crippen molar-refractivity contribution < 1.29 is 0 Å². The fourth-order valence-electron chi connectivity index (χ4n) is 2.20. The number of aryl methyl sites for hydroxylation is 2. The normalized spacial score (nSPS) is 11.2. The van der Waals surface area contributed by atoms with Crippen LogP contribution in [0, 0.1) is 13.8 Å². The van der Waals surface area contributed by atoms with Crippen LogP contribution >= 0.6 is 34.7 Å². The van der Waals surface area contributed by atoms with Crippen LogP contribution in [0.5, 0.6) is 0 Å². The zero-order valence-corrected chi connectivity index (χ0v) is 14.5. The molecule has 0 bridgehead atoms. The lowest BCUT2D eigenvalue weighted by Gasteiger charge is -2.04. The minimum Gasteiger partial charge on any atom is -0.217 e. The SMILES string of the molecule is CCSc1ccc(-c2nc(Cl)c3c(C)c(C)sc3n2)cc1. The van der Waals surface area contributed by atoms with Gasteiger partial charge in [-0.1, -0.05) is 30.7 Å². The van der Waals surface area contributed by atoms with E-state index < -0.39 is 0 Å². The van der Waals surface area contributed by atoms with Crippen LogP contribution in [0.2, 0.25) is 5.15 Å². The van der Waals surface area contributed by atoms with Gasteiger partial charge in [0.1, 0.15) is 9.98 Å². The van der Waals surface area contributed by atoms with Crippen LogP contribution in [0.1, 0.15) is 17.4 Å². The van der Waals surface area contributed by atoms with E-state index in [1.165, 1.54) is 15.3 Å². The second kappa shape index (κ2) is 5.95. The Labute approximate surface area is 137 Å². The standard InChI is InChI=1S/C16H15ClN2S2/c1-4-20-12-7-5-11(6-8-12)15-18-14(17)13-9(2)10(3)21-16(13)19-15/h5-8H,4H2,1-3H3. The first-order chi connectivity index (χ1) is 10.1. The minimum absolute atomic E-state index is 0.545. The molecule has 108 valence electrons. The molecule has 0 aliphatic heterocycles. The van der Waals surface area contributed by atoms with Crippen LogP contribution in [0.25, 0.3) is 21.6 Å². The molecule has 0 amide bonds. The Morgan fingerprint density at radius 1 is 1.14 bits per heavy atom. The number of hydrogen-bond acceptors (Lipinski definition) is 4. The Bertz CT molecular complexity index is 794. The van der Waals surface area contributed by atoms with Gasteiger partial charge in [-0.15, -0.1) is 23.1 Å². The number of halogens is 1. The summed E-state index contributed by atoms with van der Waals surface area (Å²) in [6.07, 6.45) is 0. The maximum atomic E-state index is 6.36. The van der Waals surface area contributed by atoms with E-state index in [-0.39, 0.29) is 0 Å². The zero-order valence-electron chi connectivity index (χ0n) is 12.1. The highest BCUT2D eigenvalue weighted by Gasteiger charge is 2.14. The van der Waals surface area contributed by atoms with Crippen molar-refractivity contribution in [3.05, 3.63) is 39.9 Å². The number of thioether (sulfide) groups is 1. The zero-order chi connectivity index (χ0) is 15.0. The van der Waals surface area contributed by atoms with Gasteiger partial charge in [-0.2, -0.15) is 0 Å². The second-order valence-electron chi connectivity index (χ2n) is 4.76. The first-order valence-corrected chi connectivity index (χ1v) is 8.94. The topological polar surface area (TPSA) is 25.8 Å². The molecule has 3 aromatic rings. The van der Waals surface area contributed by atoms with Crippen molar-refractivity contribution in [3.8, 4) is 11.4 Å². The molecule has 5 heteroatoms. The van der Waals surface area contributed by atoms with E-state index in [9.17, 15) is 0 Å². The maximum absolute atomic E-state index is 6.36. The molecule has 2 aromatic heterocycles. The molecule has 0 saturated carbocycles. The first-order valence-electron chi connectivity index (χ1n) is 6.76. The van der Waals surface area contributed by atoms with Gasteiger partial charge in [0.25, 0.3) is 0 Å². The molecular formula is C16H15ClN2S2. The molecular weight excluding hydrogens is 320 g/mol. The Balaban J connectivity index is 2.08. The molecule has 3 rings (SSSR count). The molecule has 0 fully saturated rings. The Morgan fingerprint density at radius 2 is 1.86 bits per heavy atom. The molecule has 21 heavy (non-hydrogen) atoms. The van der Waals surface area contributed by atoms with Crippen LogP contribution in [-0.4, -0.2) is 15.7 Å². The molecule has 1 aromatic carbocycles. The quantitative estimate of drug-likeness (QED) is 0.451. The molecule has 0 N–H and O–H groups in total. The lowest BCUT2D eigenvalue weighted by Crippen LogP contribution is -1.90. The Morgan fingerprint density at radius 3 is 2.52 bits per heavy atom. The van der Waals surface area contributed by atoms with Gasteiger partial charge in [0.15, 0.2) is 5.82 Å². The van der Waals surface area contributed by atoms with Crippen molar-refractivity contribution in [2.45, 2.75) is 25.7 Å². The molecule has 0 aliphatic rings. The van der Waals surface area contributed by atoms with Crippen molar-refractivity contribution in [1.82, 2.24) is 9.97 Å². The highest BCUT2D eigenvalue weighted by molar-refractivity contribution is 7.99. The maximum Gasteiger partial charge on any atom is 0.162 e. The van der Waals surface area contributed by atoms with E-state index in [0.717, 1.165) is 21.5 Å². The second-order valence-corrected chi connectivity index (χ2v) is 7.66. The fourth-order valence-corrected chi connectivity index (χ4v) is 4.26. The van der Waals surface area contributed by atoms with Crippen LogP contribution in [0.3, 0.4) is 0 Å². The van der Waals surface area contributed by atoms with Crippen molar-refractivity contribution in [2.24, 2.45) is 0 Å². The molecule has 2 nitrogen and oxygen atoms in total. The molecule has 0 radical (unpaired) electrons. The average molecular weight is 335 g/mol. The molecule has 0 spiro atoms. The highest BCUT2D eigenvalue weighted by Crippen LogP contribution is 2.34. The monoisotopic (exact) mass is 334 g/mol. The largest absolute Gasteiger partial charge is 0.217 e.